The highest BCUT2D eigenvalue weighted by Gasteiger charge is 2.24. The predicted molar refractivity (Wildman–Crippen MR) is 116 cm³/mol. The lowest BCUT2D eigenvalue weighted by molar-refractivity contribution is -0.114. The Kier molecular flexibility index (Phi) is 5.44. The van der Waals surface area contributed by atoms with E-state index in [1.165, 1.54) is 17.2 Å². The minimum atomic E-state index is -0.211. The van der Waals surface area contributed by atoms with Crippen LogP contribution in [0.4, 0.5) is 10.9 Å². The molecule has 150 valence electrons. The summed E-state index contributed by atoms with van der Waals surface area (Å²) in [7, 11) is 0. The number of aromatic nitrogens is 2. The van der Waals surface area contributed by atoms with Gasteiger partial charge in [0.05, 0.1) is 10.2 Å². The summed E-state index contributed by atoms with van der Waals surface area (Å²) >= 11 is 1.71. The van der Waals surface area contributed by atoms with Crippen molar-refractivity contribution in [3.8, 4) is 0 Å². The molecule has 2 aromatic heterocycles. The van der Waals surface area contributed by atoms with Crippen LogP contribution in [-0.2, 0) is 11.2 Å². The summed E-state index contributed by atoms with van der Waals surface area (Å²) in [5.74, 6) is 0.135. The molecular formula is C21H23N5O2S. The van der Waals surface area contributed by atoms with Crippen LogP contribution in [0.2, 0.25) is 0 Å². The van der Waals surface area contributed by atoms with E-state index in [9.17, 15) is 9.59 Å². The number of rotatable bonds is 4. The second kappa shape index (κ2) is 8.16. The highest BCUT2D eigenvalue weighted by Crippen LogP contribution is 2.30. The van der Waals surface area contributed by atoms with Gasteiger partial charge in [-0.25, -0.2) is 9.97 Å². The van der Waals surface area contributed by atoms with E-state index in [0.717, 1.165) is 30.2 Å². The van der Waals surface area contributed by atoms with Crippen molar-refractivity contribution in [3.05, 3.63) is 47.7 Å². The number of aryl methyl sites for hydroxylation is 1. The Morgan fingerprint density at radius 3 is 2.66 bits per heavy atom. The Morgan fingerprint density at radius 2 is 1.93 bits per heavy atom. The van der Waals surface area contributed by atoms with Crippen LogP contribution < -0.4 is 10.2 Å². The summed E-state index contributed by atoms with van der Waals surface area (Å²) in [6, 6.07) is 9.73. The van der Waals surface area contributed by atoms with Gasteiger partial charge >= 0.3 is 0 Å². The van der Waals surface area contributed by atoms with Gasteiger partial charge in [-0.3, -0.25) is 9.59 Å². The summed E-state index contributed by atoms with van der Waals surface area (Å²) in [5, 5.41) is 3.63. The highest BCUT2D eigenvalue weighted by molar-refractivity contribution is 7.22. The molecule has 29 heavy (non-hydrogen) atoms. The highest BCUT2D eigenvalue weighted by atomic mass is 32.1. The van der Waals surface area contributed by atoms with Gasteiger partial charge in [-0.2, -0.15) is 0 Å². The molecule has 1 saturated heterocycles. The lowest BCUT2D eigenvalue weighted by Crippen LogP contribution is -2.48. The molecule has 0 aliphatic carbocycles. The molecule has 1 aromatic carbocycles. The third-order valence-corrected chi connectivity index (χ3v) is 6.08. The zero-order chi connectivity index (χ0) is 20.4. The lowest BCUT2D eigenvalue weighted by Gasteiger charge is -2.34. The van der Waals surface area contributed by atoms with E-state index in [1.807, 2.05) is 4.90 Å². The van der Waals surface area contributed by atoms with Crippen LogP contribution in [0.3, 0.4) is 0 Å². The SMILES string of the molecule is CCc1ccc2nc(N3CCN(C(=O)c4ccnc(NC(C)=O)c4)CC3)sc2c1. The molecule has 2 amide bonds. The van der Waals surface area contributed by atoms with E-state index < -0.39 is 0 Å². The number of nitrogens with zero attached hydrogens (tertiary/aromatic N) is 4. The minimum absolute atomic E-state index is 0.0458. The molecule has 0 saturated carbocycles. The second-order valence-electron chi connectivity index (χ2n) is 7.04. The smallest absolute Gasteiger partial charge is 0.254 e. The first-order chi connectivity index (χ1) is 14.0. The molecule has 1 aliphatic heterocycles. The molecule has 3 heterocycles. The number of piperazine rings is 1. The first kappa shape index (κ1) is 19.3. The van der Waals surface area contributed by atoms with E-state index in [-0.39, 0.29) is 11.8 Å². The molecular weight excluding hydrogens is 386 g/mol. The fourth-order valence-corrected chi connectivity index (χ4v) is 4.49. The first-order valence-corrected chi connectivity index (χ1v) is 10.5. The summed E-state index contributed by atoms with van der Waals surface area (Å²) in [4.78, 5) is 37.0. The Hall–Kier alpha value is -3.00. The maximum absolute atomic E-state index is 12.8. The van der Waals surface area contributed by atoms with Gasteiger partial charge in [0, 0.05) is 44.9 Å². The Morgan fingerprint density at radius 1 is 1.14 bits per heavy atom. The quantitative estimate of drug-likeness (QED) is 0.716. The van der Waals surface area contributed by atoms with Crippen LogP contribution in [0.25, 0.3) is 10.2 Å². The van der Waals surface area contributed by atoms with Gasteiger partial charge < -0.3 is 15.1 Å². The summed E-state index contributed by atoms with van der Waals surface area (Å²) in [6.07, 6.45) is 2.56. The fourth-order valence-electron chi connectivity index (χ4n) is 3.41. The third kappa shape index (κ3) is 4.22. The van der Waals surface area contributed by atoms with E-state index in [0.29, 0.717) is 24.5 Å². The van der Waals surface area contributed by atoms with Gasteiger partial charge in [-0.15, -0.1) is 0 Å². The average Bonchev–Trinajstić information content (AvgIpc) is 3.16. The lowest BCUT2D eigenvalue weighted by atomic mass is 10.2. The maximum Gasteiger partial charge on any atom is 0.254 e. The zero-order valence-corrected chi connectivity index (χ0v) is 17.3. The normalized spacial score (nSPS) is 14.3. The largest absolute Gasteiger partial charge is 0.345 e. The van der Waals surface area contributed by atoms with Gasteiger partial charge in [-0.1, -0.05) is 24.3 Å². The van der Waals surface area contributed by atoms with Crippen molar-refractivity contribution in [2.75, 3.05) is 36.4 Å². The van der Waals surface area contributed by atoms with Gasteiger partial charge in [0.25, 0.3) is 5.91 Å². The van der Waals surface area contributed by atoms with Gasteiger partial charge in [0.15, 0.2) is 5.13 Å². The fraction of sp³-hybridized carbons (Fsp3) is 0.333. The summed E-state index contributed by atoms with van der Waals surface area (Å²) in [5.41, 5.74) is 2.88. The molecule has 4 rings (SSSR count). The zero-order valence-electron chi connectivity index (χ0n) is 16.5. The predicted octanol–water partition coefficient (Wildman–Crippen LogP) is 3.17. The van der Waals surface area contributed by atoms with Crippen molar-refractivity contribution in [2.24, 2.45) is 0 Å². The summed E-state index contributed by atoms with van der Waals surface area (Å²) in [6.45, 7) is 6.33. The summed E-state index contributed by atoms with van der Waals surface area (Å²) < 4.78 is 1.21. The maximum atomic E-state index is 12.8. The average molecular weight is 410 g/mol. The number of anilines is 2. The number of pyridine rings is 1. The molecule has 3 aromatic rings. The van der Waals surface area contributed by atoms with E-state index in [2.05, 4.69) is 40.3 Å². The molecule has 1 fully saturated rings. The Balaban J connectivity index is 1.42. The third-order valence-electron chi connectivity index (χ3n) is 5.00. The van der Waals surface area contributed by atoms with Crippen molar-refractivity contribution in [1.82, 2.24) is 14.9 Å². The van der Waals surface area contributed by atoms with Crippen molar-refractivity contribution >= 4 is 44.3 Å². The number of thiazole rings is 1. The molecule has 7 nitrogen and oxygen atoms in total. The number of carbonyl (C=O) groups is 2. The van der Waals surface area contributed by atoms with Crippen LogP contribution in [0.5, 0.6) is 0 Å². The van der Waals surface area contributed by atoms with E-state index >= 15 is 0 Å². The number of amides is 2. The van der Waals surface area contributed by atoms with Crippen molar-refractivity contribution in [2.45, 2.75) is 20.3 Å². The second-order valence-corrected chi connectivity index (χ2v) is 8.05. The number of fused-ring (bicyclic) bond motifs is 1. The van der Waals surface area contributed by atoms with Crippen LogP contribution >= 0.6 is 11.3 Å². The molecule has 0 spiro atoms. The number of nitrogens with one attached hydrogen (secondary N) is 1. The number of carbonyl (C=O) groups excluding carboxylic acids is 2. The molecule has 8 heteroatoms. The Labute approximate surface area is 173 Å². The minimum Gasteiger partial charge on any atom is -0.345 e. The van der Waals surface area contributed by atoms with Crippen LogP contribution in [0, 0.1) is 0 Å². The van der Waals surface area contributed by atoms with E-state index in [1.54, 1.807) is 29.7 Å². The van der Waals surface area contributed by atoms with Crippen LogP contribution in [-0.4, -0.2) is 52.9 Å². The Bertz CT molecular complexity index is 1060. The number of hydrogen-bond acceptors (Lipinski definition) is 6. The van der Waals surface area contributed by atoms with Gasteiger partial charge in [0.1, 0.15) is 5.82 Å². The molecule has 1 N–H and O–H groups in total. The number of benzene rings is 1. The van der Waals surface area contributed by atoms with Crippen molar-refractivity contribution in [1.29, 1.82) is 0 Å². The standard InChI is InChI=1S/C21H23N5O2S/c1-3-15-4-5-17-18(12-15)29-21(24-17)26-10-8-25(9-11-26)20(28)16-6-7-22-19(13-16)23-14(2)27/h4-7,12-13H,3,8-11H2,1-2H3,(H,22,23,27). The van der Waals surface area contributed by atoms with E-state index in [4.69, 9.17) is 4.98 Å². The molecule has 0 radical (unpaired) electrons. The van der Waals surface area contributed by atoms with Gasteiger partial charge in [0.2, 0.25) is 5.91 Å². The molecule has 0 unspecified atom stereocenters. The molecule has 1 aliphatic rings. The van der Waals surface area contributed by atoms with Crippen molar-refractivity contribution in [3.63, 3.8) is 0 Å². The molecule has 0 atom stereocenters. The topological polar surface area (TPSA) is 78.4 Å². The van der Waals surface area contributed by atoms with Crippen LogP contribution in [0.1, 0.15) is 29.8 Å². The molecule has 0 bridgehead atoms. The first-order valence-electron chi connectivity index (χ1n) is 9.71. The monoisotopic (exact) mass is 409 g/mol. The van der Waals surface area contributed by atoms with Gasteiger partial charge in [-0.05, 0) is 36.2 Å². The van der Waals surface area contributed by atoms with Crippen LogP contribution in [0.15, 0.2) is 36.5 Å². The van der Waals surface area contributed by atoms with Crippen molar-refractivity contribution < 1.29 is 9.59 Å². The number of hydrogen-bond donors (Lipinski definition) is 1.